The minimum atomic E-state index is -0.375. The minimum Gasteiger partial charge on any atom is -0.384 e. The molecule has 1 aromatic rings. The summed E-state index contributed by atoms with van der Waals surface area (Å²) in [6, 6.07) is 4.86. The van der Waals surface area contributed by atoms with Crippen molar-refractivity contribution in [3.8, 4) is 0 Å². The predicted octanol–water partition coefficient (Wildman–Crippen LogP) is 3.87. The summed E-state index contributed by atoms with van der Waals surface area (Å²) in [4.78, 5) is 0. The maximum atomic E-state index is 13.0. The molecule has 0 spiro atoms. The lowest BCUT2D eigenvalue weighted by Crippen LogP contribution is -2.13. The summed E-state index contributed by atoms with van der Waals surface area (Å²) in [7, 11) is 1.67. The van der Waals surface area contributed by atoms with E-state index in [4.69, 9.17) is 16.3 Å². The molecule has 0 aliphatic rings. The van der Waals surface area contributed by atoms with Crippen molar-refractivity contribution >= 4 is 11.6 Å². The Hall–Kier alpha value is -0.600. The lowest BCUT2D eigenvalue weighted by Gasteiger charge is -2.20. The lowest BCUT2D eigenvalue weighted by atomic mass is 9.89. The largest absolute Gasteiger partial charge is 0.384 e. The Morgan fingerprint density at radius 2 is 2.07 bits per heavy atom. The Labute approximate surface area is 95.2 Å². The second-order valence-corrected chi connectivity index (χ2v) is 4.39. The molecule has 1 nitrogen and oxygen atoms in total. The first-order chi connectivity index (χ1) is 7.06. The van der Waals surface area contributed by atoms with Crippen molar-refractivity contribution < 1.29 is 9.13 Å². The van der Waals surface area contributed by atoms with Gasteiger partial charge in [0.05, 0.1) is 11.6 Å². The van der Waals surface area contributed by atoms with E-state index in [0.717, 1.165) is 5.56 Å². The molecule has 1 aromatic carbocycles. The smallest absolute Gasteiger partial charge is 0.141 e. The number of ether oxygens (including phenoxy) is 1. The normalized spacial score (nSPS) is 13.2. The molecular weight excluding hydrogens is 215 g/mol. The topological polar surface area (TPSA) is 9.23 Å². The lowest BCUT2D eigenvalue weighted by molar-refractivity contribution is 0.162. The predicted molar refractivity (Wildman–Crippen MR) is 60.9 cm³/mol. The zero-order valence-corrected chi connectivity index (χ0v) is 10.0. The molecule has 15 heavy (non-hydrogen) atoms. The van der Waals surface area contributed by atoms with Crippen LogP contribution < -0.4 is 0 Å². The van der Waals surface area contributed by atoms with Gasteiger partial charge in [-0.1, -0.05) is 31.5 Å². The molecule has 0 unspecified atom stereocenters. The molecular formula is C12H16ClFO. The Morgan fingerprint density at radius 1 is 1.40 bits per heavy atom. The fourth-order valence-corrected chi connectivity index (χ4v) is 1.79. The quantitative estimate of drug-likeness (QED) is 0.763. The van der Waals surface area contributed by atoms with E-state index in [2.05, 4.69) is 13.8 Å². The van der Waals surface area contributed by atoms with Gasteiger partial charge < -0.3 is 4.74 Å². The van der Waals surface area contributed by atoms with E-state index < -0.39 is 0 Å². The summed E-state index contributed by atoms with van der Waals surface area (Å²) in [6.45, 7) is 4.85. The van der Waals surface area contributed by atoms with Crippen LogP contribution in [0.25, 0.3) is 0 Å². The summed E-state index contributed by atoms with van der Waals surface area (Å²) in [5, 5.41) is 0.175. The van der Waals surface area contributed by atoms with Crippen LogP contribution in [0.15, 0.2) is 18.2 Å². The van der Waals surface area contributed by atoms with Crippen LogP contribution in [0.4, 0.5) is 4.39 Å². The summed E-state index contributed by atoms with van der Waals surface area (Å²) in [6.07, 6.45) is 0. The number of methoxy groups -OCH3 is 1. The van der Waals surface area contributed by atoms with Crippen LogP contribution in [-0.4, -0.2) is 13.7 Å². The fourth-order valence-electron chi connectivity index (χ4n) is 1.60. The molecule has 0 radical (unpaired) electrons. The Kier molecular flexibility index (Phi) is 4.55. The van der Waals surface area contributed by atoms with Crippen molar-refractivity contribution in [2.75, 3.05) is 13.7 Å². The third-order valence-corrected chi connectivity index (χ3v) is 2.81. The molecule has 0 aliphatic carbocycles. The highest BCUT2D eigenvalue weighted by atomic mass is 35.5. The van der Waals surface area contributed by atoms with Gasteiger partial charge in [0, 0.05) is 13.0 Å². The number of rotatable bonds is 4. The average Bonchev–Trinajstić information content (AvgIpc) is 2.18. The van der Waals surface area contributed by atoms with Crippen LogP contribution in [0.3, 0.4) is 0 Å². The standard InChI is InChI=1S/C12H16ClFO/c1-8(2)10(7-15-3)9-4-5-12(14)11(13)6-9/h4-6,8,10H,7H2,1-3H3/t10-/m0/s1. The monoisotopic (exact) mass is 230 g/mol. The van der Waals surface area contributed by atoms with E-state index in [-0.39, 0.29) is 16.8 Å². The molecule has 3 heteroatoms. The molecule has 0 bridgehead atoms. The average molecular weight is 231 g/mol. The summed E-state index contributed by atoms with van der Waals surface area (Å²) in [5.41, 5.74) is 1.03. The van der Waals surface area contributed by atoms with Gasteiger partial charge in [-0.2, -0.15) is 0 Å². The molecule has 0 N–H and O–H groups in total. The van der Waals surface area contributed by atoms with E-state index in [1.54, 1.807) is 19.2 Å². The van der Waals surface area contributed by atoms with Gasteiger partial charge in [-0.15, -0.1) is 0 Å². The second-order valence-electron chi connectivity index (χ2n) is 3.98. The Bertz CT molecular complexity index is 325. The SMILES string of the molecule is COC[C@H](c1ccc(F)c(Cl)c1)C(C)C. The highest BCUT2D eigenvalue weighted by Gasteiger charge is 2.16. The van der Waals surface area contributed by atoms with Crippen LogP contribution in [-0.2, 0) is 4.74 Å². The van der Waals surface area contributed by atoms with Crippen LogP contribution in [0.5, 0.6) is 0 Å². The first-order valence-corrected chi connectivity index (χ1v) is 5.38. The van der Waals surface area contributed by atoms with Crippen LogP contribution >= 0.6 is 11.6 Å². The number of hydrogen-bond donors (Lipinski definition) is 0. The van der Waals surface area contributed by atoms with Gasteiger partial charge >= 0.3 is 0 Å². The summed E-state index contributed by atoms with van der Waals surface area (Å²) < 4.78 is 18.1. The summed E-state index contributed by atoms with van der Waals surface area (Å²) in [5.74, 6) is 0.319. The highest BCUT2D eigenvalue weighted by Crippen LogP contribution is 2.27. The van der Waals surface area contributed by atoms with Gasteiger partial charge in [-0.3, -0.25) is 0 Å². The van der Waals surface area contributed by atoms with Gasteiger partial charge in [0.2, 0.25) is 0 Å². The molecule has 0 fully saturated rings. The molecule has 0 heterocycles. The van der Waals surface area contributed by atoms with E-state index >= 15 is 0 Å². The third kappa shape index (κ3) is 3.18. The number of hydrogen-bond acceptors (Lipinski definition) is 1. The summed E-state index contributed by atoms with van der Waals surface area (Å²) >= 11 is 5.75. The van der Waals surface area contributed by atoms with Crippen molar-refractivity contribution in [3.63, 3.8) is 0 Å². The molecule has 0 saturated carbocycles. The Morgan fingerprint density at radius 3 is 2.53 bits per heavy atom. The van der Waals surface area contributed by atoms with Crippen molar-refractivity contribution in [3.05, 3.63) is 34.6 Å². The first kappa shape index (κ1) is 12.5. The molecule has 0 aliphatic heterocycles. The Balaban J connectivity index is 2.95. The number of benzene rings is 1. The van der Waals surface area contributed by atoms with Crippen LogP contribution in [0.2, 0.25) is 5.02 Å². The molecule has 1 rings (SSSR count). The number of halogens is 2. The van der Waals surface area contributed by atoms with Gasteiger partial charge in [0.25, 0.3) is 0 Å². The maximum Gasteiger partial charge on any atom is 0.141 e. The van der Waals surface area contributed by atoms with Crippen molar-refractivity contribution in [1.29, 1.82) is 0 Å². The van der Waals surface area contributed by atoms with Gasteiger partial charge in [-0.05, 0) is 23.6 Å². The van der Waals surface area contributed by atoms with Crippen LogP contribution in [0.1, 0.15) is 25.3 Å². The fraction of sp³-hybridized carbons (Fsp3) is 0.500. The van der Waals surface area contributed by atoms with Gasteiger partial charge in [0.15, 0.2) is 0 Å². The van der Waals surface area contributed by atoms with E-state index in [9.17, 15) is 4.39 Å². The van der Waals surface area contributed by atoms with Crippen molar-refractivity contribution in [2.45, 2.75) is 19.8 Å². The van der Waals surface area contributed by atoms with Crippen molar-refractivity contribution in [1.82, 2.24) is 0 Å². The molecule has 0 aromatic heterocycles. The molecule has 0 saturated heterocycles. The van der Waals surface area contributed by atoms with Crippen molar-refractivity contribution in [2.24, 2.45) is 5.92 Å². The van der Waals surface area contributed by atoms with E-state index in [0.29, 0.717) is 12.5 Å². The van der Waals surface area contributed by atoms with E-state index in [1.165, 1.54) is 6.07 Å². The zero-order valence-electron chi connectivity index (χ0n) is 9.26. The zero-order chi connectivity index (χ0) is 11.4. The van der Waals surface area contributed by atoms with E-state index in [1.807, 2.05) is 0 Å². The van der Waals surface area contributed by atoms with Crippen LogP contribution in [0, 0.1) is 11.7 Å². The molecule has 0 amide bonds. The van der Waals surface area contributed by atoms with Gasteiger partial charge in [-0.25, -0.2) is 4.39 Å². The maximum absolute atomic E-state index is 13.0. The van der Waals surface area contributed by atoms with Gasteiger partial charge in [0.1, 0.15) is 5.82 Å². The third-order valence-electron chi connectivity index (χ3n) is 2.52. The second kappa shape index (κ2) is 5.47. The molecule has 84 valence electrons. The minimum absolute atomic E-state index is 0.175. The first-order valence-electron chi connectivity index (χ1n) is 5.00. The molecule has 1 atom stereocenters. The highest BCUT2D eigenvalue weighted by molar-refractivity contribution is 6.30.